The van der Waals surface area contributed by atoms with Gasteiger partial charge in [0.2, 0.25) is 0 Å². The molecule has 2 N–H and O–H groups in total. The van der Waals surface area contributed by atoms with Crippen molar-refractivity contribution in [3.63, 3.8) is 0 Å². The van der Waals surface area contributed by atoms with E-state index in [1.165, 1.54) is 5.56 Å². The lowest BCUT2D eigenvalue weighted by Gasteiger charge is -2.08. The van der Waals surface area contributed by atoms with Gasteiger partial charge in [-0.25, -0.2) is 0 Å². The van der Waals surface area contributed by atoms with Crippen molar-refractivity contribution < 1.29 is 4.79 Å². The highest BCUT2D eigenvalue weighted by molar-refractivity contribution is 5.94. The average molecular weight is 319 g/mol. The number of benzene rings is 2. The molecule has 122 valence electrons. The fraction of sp³-hybridized carbons (Fsp3) is 0.200. The summed E-state index contributed by atoms with van der Waals surface area (Å²) < 4.78 is 0. The molecule has 24 heavy (non-hydrogen) atoms. The molecular weight excluding hydrogens is 298 g/mol. The van der Waals surface area contributed by atoms with Gasteiger partial charge in [-0.1, -0.05) is 56.3 Å². The second kappa shape index (κ2) is 7.13. The van der Waals surface area contributed by atoms with Gasteiger partial charge < -0.3 is 5.32 Å². The quantitative estimate of drug-likeness (QED) is 0.743. The predicted octanol–water partition coefficient (Wildman–Crippen LogP) is 4.13. The third kappa shape index (κ3) is 3.54. The van der Waals surface area contributed by atoms with Crippen LogP contribution in [-0.4, -0.2) is 16.1 Å². The summed E-state index contributed by atoms with van der Waals surface area (Å²) in [6.07, 6.45) is 1.75. The molecule has 3 aromatic rings. The van der Waals surface area contributed by atoms with Crippen LogP contribution in [0.25, 0.3) is 11.3 Å². The summed E-state index contributed by atoms with van der Waals surface area (Å²) in [5, 5.41) is 10.1. The van der Waals surface area contributed by atoms with Crippen LogP contribution in [0.15, 0.2) is 60.8 Å². The Hall–Kier alpha value is -2.88. The highest BCUT2D eigenvalue weighted by Gasteiger charge is 2.10. The van der Waals surface area contributed by atoms with Gasteiger partial charge in [0.1, 0.15) is 0 Å². The molecule has 4 heteroatoms. The molecule has 3 rings (SSSR count). The second-order valence-corrected chi connectivity index (χ2v) is 6.10. The smallest absolute Gasteiger partial charge is 0.251 e. The molecule has 0 atom stereocenters. The maximum Gasteiger partial charge on any atom is 0.251 e. The summed E-state index contributed by atoms with van der Waals surface area (Å²) in [5.74, 6) is 0.381. The van der Waals surface area contributed by atoms with Crippen molar-refractivity contribution in [1.29, 1.82) is 0 Å². The molecule has 1 amide bonds. The van der Waals surface area contributed by atoms with Crippen LogP contribution >= 0.6 is 0 Å². The van der Waals surface area contributed by atoms with E-state index in [0.29, 0.717) is 18.0 Å². The summed E-state index contributed by atoms with van der Waals surface area (Å²) in [6.45, 7) is 4.71. The monoisotopic (exact) mass is 319 g/mol. The Balaban J connectivity index is 1.68. The van der Waals surface area contributed by atoms with Gasteiger partial charge in [-0.05, 0) is 29.2 Å². The Morgan fingerprint density at radius 1 is 1.08 bits per heavy atom. The lowest BCUT2D eigenvalue weighted by Crippen LogP contribution is -2.22. The minimum atomic E-state index is -0.0782. The molecule has 0 aliphatic heterocycles. The van der Waals surface area contributed by atoms with Crippen LogP contribution in [0.1, 0.15) is 41.3 Å². The van der Waals surface area contributed by atoms with E-state index < -0.39 is 0 Å². The first-order valence-electron chi connectivity index (χ1n) is 8.11. The van der Waals surface area contributed by atoms with Gasteiger partial charge in [0.15, 0.2) is 0 Å². The van der Waals surface area contributed by atoms with Crippen LogP contribution in [0.5, 0.6) is 0 Å². The van der Waals surface area contributed by atoms with E-state index in [1.807, 2.05) is 54.6 Å². The van der Waals surface area contributed by atoms with E-state index in [-0.39, 0.29) is 5.91 Å². The van der Waals surface area contributed by atoms with Gasteiger partial charge in [-0.15, -0.1) is 0 Å². The Morgan fingerprint density at radius 3 is 2.46 bits per heavy atom. The van der Waals surface area contributed by atoms with E-state index in [2.05, 4.69) is 29.4 Å². The van der Waals surface area contributed by atoms with Crippen LogP contribution in [0.3, 0.4) is 0 Å². The highest BCUT2D eigenvalue weighted by atomic mass is 16.1. The zero-order chi connectivity index (χ0) is 16.9. The molecule has 0 radical (unpaired) electrons. The molecule has 4 nitrogen and oxygen atoms in total. The highest BCUT2D eigenvalue weighted by Crippen LogP contribution is 2.20. The number of H-pyrrole nitrogens is 1. The zero-order valence-corrected chi connectivity index (χ0v) is 13.9. The van der Waals surface area contributed by atoms with Gasteiger partial charge in [0, 0.05) is 17.7 Å². The molecule has 0 saturated carbocycles. The molecular formula is C20H21N3O. The van der Waals surface area contributed by atoms with Gasteiger partial charge in [0.25, 0.3) is 5.91 Å². The lowest BCUT2D eigenvalue weighted by molar-refractivity contribution is 0.0951. The van der Waals surface area contributed by atoms with E-state index in [4.69, 9.17) is 0 Å². The number of carbonyl (C=O) groups excluding carboxylic acids is 1. The average Bonchev–Trinajstić information content (AvgIpc) is 3.09. The van der Waals surface area contributed by atoms with Crippen LogP contribution in [-0.2, 0) is 6.54 Å². The molecule has 0 spiro atoms. The predicted molar refractivity (Wildman–Crippen MR) is 95.7 cm³/mol. The fourth-order valence-electron chi connectivity index (χ4n) is 2.60. The number of hydrogen-bond acceptors (Lipinski definition) is 2. The Kier molecular flexibility index (Phi) is 4.75. The Morgan fingerprint density at radius 2 is 1.79 bits per heavy atom. The number of amides is 1. The Bertz CT molecular complexity index is 804. The molecule has 0 fully saturated rings. The number of aromatic amines is 1. The van der Waals surface area contributed by atoms with Gasteiger partial charge in [0.05, 0.1) is 11.9 Å². The van der Waals surface area contributed by atoms with E-state index in [9.17, 15) is 4.79 Å². The number of rotatable bonds is 5. The minimum Gasteiger partial charge on any atom is -0.348 e. The molecule has 1 aromatic heterocycles. The van der Waals surface area contributed by atoms with Gasteiger partial charge >= 0.3 is 0 Å². The maximum absolute atomic E-state index is 12.3. The van der Waals surface area contributed by atoms with Gasteiger partial charge in [-0.3, -0.25) is 9.89 Å². The number of nitrogens with one attached hydrogen (secondary N) is 2. The third-order valence-corrected chi connectivity index (χ3v) is 4.06. The van der Waals surface area contributed by atoms with Gasteiger partial charge in [-0.2, -0.15) is 5.10 Å². The van der Waals surface area contributed by atoms with E-state index >= 15 is 0 Å². The van der Waals surface area contributed by atoms with E-state index in [1.54, 1.807) is 6.20 Å². The third-order valence-electron chi connectivity index (χ3n) is 4.06. The maximum atomic E-state index is 12.3. The van der Waals surface area contributed by atoms with Crippen LogP contribution in [0, 0.1) is 0 Å². The van der Waals surface area contributed by atoms with Crippen molar-refractivity contribution in [3.8, 4) is 11.3 Å². The fourth-order valence-corrected chi connectivity index (χ4v) is 2.60. The number of carbonyl (C=O) groups is 1. The molecule has 1 heterocycles. The molecule has 0 aliphatic rings. The number of hydrogen-bond donors (Lipinski definition) is 2. The number of aromatic nitrogens is 2. The van der Waals surface area contributed by atoms with Crippen LogP contribution < -0.4 is 5.32 Å². The second-order valence-electron chi connectivity index (χ2n) is 6.10. The van der Waals surface area contributed by atoms with Crippen molar-refractivity contribution in [2.24, 2.45) is 0 Å². The van der Waals surface area contributed by atoms with Crippen molar-refractivity contribution in [1.82, 2.24) is 15.5 Å². The molecule has 0 aliphatic carbocycles. The SMILES string of the molecule is CC(C)c1ccc(C(=O)NCc2cn[nH]c2-c2ccccc2)cc1. The molecule has 0 unspecified atom stereocenters. The summed E-state index contributed by atoms with van der Waals surface area (Å²) in [5.41, 5.74) is 4.86. The zero-order valence-electron chi connectivity index (χ0n) is 13.9. The van der Waals surface area contributed by atoms with Crippen molar-refractivity contribution in [3.05, 3.63) is 77.5 Å². The first-order valence-corrected chi connectivity index (χ1v) is 8.11. The summed E-state index contributed by atoms with van der Waals surface area (Å²) in [4.78, 5) is 12.3. The van der Waals surface area contributed by atoms with Crippen LogP contribution in [0.2, 0.25) is 0 Å². The standard InChI is InChI=1S/C20H21N3O/c1-14(2)15-8-10-17(11-9-15)20(24)21-12-18-13-22-23-19(18)16-6-4-3-5-7-16/h3-11,13-14H,12H2,1-2H3,(H,21,24)(H,22,23). The van der Waals surface area contributed by atoms with Crippen LogP contribution in [0.4, 0.5) is 0 Å². The summed E-state index contributed by atoms with van der Waals surface area (Å²) in [7, 11) is 0. The molecule has 0 bridgehead atoms. The normalized spacial score (nSPS) is 10.8. The molecule has 2 aromatic carbocycles. The Labute approximate surface area is 141 Å². The van der Waals surface area contributed by atoms with Crippen molar-refractivity contribution in [2.45, 2.75) is 26.3 Å². The molecule has 0 saturated heterocycles. The number of nitrogens with zero attached hydrogens (tertiary/aromatic N) is 1. The van der Waals surface area contributed by atoms with E-state index in [0.717, 1.165) is 16.8 Å². The van der Waals surface area contributed by atoms with Crippen molar-refractivity contribution >= 4 is 5.91 Å². The topological polar surface area (TPSA) is 57.8 Å². The summed E-state index contributed by atoms with van der Waals surface area (Å²) in [6, 6.07) is 17.7. The first kappa shape index (κ1) is 16.0. The summed E-state index contributed by atoms with van der Waals surface area (Å²) >= 11 is 0. The minimum absolute atomic E-state index is 0.0782. The lowest BCUT2D eigenvalue weighted by atomic mass is 10.0. The first-order chi connectivity index (χ1) is 11.6. The largest absolute Gasteiger partial charge is 0.348 e. The van der Waals surface area contributed by atoms with Crippen molar-refractivity contribution in [2.75, 3.05) is 0 Å².